The maximum absolute atomic E-state index is 5.09. The van der Waals surface area contributed by atoms with E-state index in [4.69, 9.17) is 20.2 Å². The van der Waals surface area contributed by atoms with Crippen LogP contribution >= 0.6 is 0 Å². The van der Waals surface area contributed by atoms with Crippen molar-refractivity contribution in [2.75, 3.05) is 0 Å². The van der Waals surface area contributed by atoms with Crippen LogP contribution in [-0.2, 0) is 73.5 Å². The highest BCUT2D eigenvalue weighted by Crippen LogP contribution is 2.30. The predicted molar refractivity (Wildman–Crippen MR) is 270 cm³/mol. The summed E-state index contributed by atoms with van der Waals surface area (Å²) in [6, 6.07) is 28.2. The maximum Gasteiger partial charge on any atom is 0.244 e. The first kappa shape index (κ1) is 52.4. The molecule has 0 atom stereocenters. The summed E-state index contributed by atoms with van der Waals surface area (Å²) in [4.78, 5) is 10.2. The van der Waals surface area contributed by atoms with E-state index in [1.165, 1.54) is 66.8 Å². The van der Waals surface area contributed by atoms with E-state index in [1.807, 2.05) is 0 Å². The quantitative estimate of drug-likeness (QED) is 0.223. The smallest absolute Gasteiger partial charge is 0.244 e. The molecule has 0 aliphatic carbocycles. The van der Waals surface area contributed by atoms with Crippen molar-refractivity contribution < 1.29 is 43.1 Å². The highest BCUT2D eigenvalue weighted by molar-refractivity contribution is 5.39. The van der Waals surface area contributed by atoms with Crippen molar-refractivity contribution in [3.8, 4) is 0 Å². The zero-order valence-corrected chi connectivity index (χ0v) is 46.6. The summed E-state index contributed by atoms with van der Waals surface area (Å²) < 4.78 is 9.16. The van der Waals surface area contributed by atoms with Crippen LogP contribution in [0.1, 0.15) is 173 Å². The Kier molecular flexibility index (Phi) is 15.2. The molecule has 16 bridgehead atoms. The van der Waals surface area contributed by atoms with Crippen LogP contribution in [0.2, 0.25) is 0 Å². The number of rotatable bonds is 0. The van der Waals surface area contributed by atoms with Crippen molar-refractivity contribution in [2.45, 2.75) is 157 Å². The molecular formula is C58H72Br2N10. The van der Waals surface area contributed by atoms with Gasteiger partial charge in [0.2, 0.25) is 12.7 Å². The Bertz CT molecular complexity index is 2510. The van der Waals surface area contributed by atoms with Crippen LogP contribution in [0.25, 0.3) is 0 Å². The molecule has 0 spiro atoms. The summed E-state index contributed by atoms with van der Waals surface area (Å²) >= 11 is 0. The van der Waals surface area contributed by atoms with Crippen molar-refractivity contribution in [2.24, 2.45) is 0 Å². The van der Waals surface area contributed by atoms with Gasteiger partial charge in [-0.2, -0.15) is 10.2 Å². The van der Waals surface area contributed by atoms with Crippen molar-refractivity contribution in [3.63, 3.8) is 0 Å². The van der Waals surface area contributed by atoms with Crippen LogP contribution in [0, 0.1) is 0 Å². The Morgan fingerprint density at radius 2 is 0.700 bits per heavy atom. The lowest BCUT2D eigenvalue weighted by molar-refractivity contribution is -0.688. The highest BCUT2D eigenvalue weighted by Gasteiger charge is 2.23. The van der Waals surface area contributed by atoms with Gasteiger partial charge in [-0.15, -0.1) is 0 Å². The van der Waals surface area contributed by atoms with Crippen molar-refractivity contribution in [3.05, 3.63) is 200 Å². The third-order valence-corrected chi connectivity index (χ3v) is 13.3. The van der Waals surface area contributed by atoms with Gasteiger partial charge in [0.15, 0.2) is 11.6 Å². The van der Waals surface area contributed by atoms with Crippen molar-refractivity contribution in [1.29, 1.82) is 0 Å². The second-order valence-corrected chi connectivity index (χ2v) is 23.8. The van der Waals surface area contributed by atoms with Crippen molar-refractivity contribution >= 4 is 0 Å². The van der Waals surface area contributed by atoms with Crippen LogP contribution in [-0.4, -0.2) is 39.5 Å². The van der Waals surface area contributed by atoms with Gasteiger partial charge < -0.3 is 34.0 Å². The average molecular weight is 1070 g/mol. The molecule has 8 aromatic rings. The van der Waals surface area contributed by atoms with E-state index >= 15 is 0 Å². The molecule has 368 valence electrons. The van der Waals surface area contributed by atoms with Crippen LogP contribution in [0.4, 0.5) is 0 Å². The number of benzene rings is 4. The van der Waals surface area contributed by atoms with Gasteiger partial charge in [-0.1, -0.05) is 156 Å². The molecule has 70 heavy (non-hydrogen) atoms. The van der Waals surface area contributed by atoms with E-state index in [9.17, 15) is 0 Å². The third kappa shape index (κ3) is 13.1. The van der Waals surface area contributed by atoms with Crippen LogP contribution in [0.5, 0.6) is 0 Å². The molecule has 4 aromatic heterocycles. The standard InChI is InChI=1S/C58H72N10.2BrH/c1-55(2,3)47-21-39-17-43(25-47)33-65-13-14-66(37-65)34-44-19-41(23-49(26-44)57(7,8)9)31-53-60-54(64-63-53)32-42-20-46(28-50(24-42)58(10,11)12)36-68-16-15-67(38-68)35-45-18-40(22-48(27-45)56(4,5)6)30-52-59-51(29-39)61-62-52;;/h13-28,37-38H,29-36H2,1-12H3,(H,59,61,62)(H,60,63,64);2*1H/q+2;;/p-2. The fourth-order valence-electron chi connectivity index (χ4n) is 9.39. The minimum Gasteiger partial charge on any atom is -1.00 e. The number of nitrogens with one attached hydrogen (secondary N) is 2. The van der Waals surface area contributed by atoms with Gasteiger partial charge in [0.25, 0.3) is 0 Å². The van der Waals surface area contributed by atoms with E-state index in [0.29, 0.717) is 25.7 Å². The van der Waals surface area contributed by atoms with Gasteiger partial charge in [0, 0.05) is 25.7 Å². The van der Waals surface area contributed by atoms with Crippen LogP contribution < -0.4 is 43.1 Å². The number of imidazole rings is 2. The van der Waals surface area contributed by atoms with E-state index in [-0.39, 0.29) is 55.6 Å². The summed E-state index contributed by atoms with van der Waals surface area (Å²) in [6.07, 6.45) is 15.9. The SMILES string of the molecule is CC(C)(C)c1cc2cc(c1)Cn1cc[n+](c1)Cc1cc(cc(C(C)(C)C)c1)Cc1n[nH]c(n1)Cc1cc(cc(C(C)(C)C)c1)C[n+]1ccn(c1)Cc1cc(cc(C(C)(C)C)c1)Cc1nc(n[nH]1)C2.[Br-].[Br-]. The predicted octanol–water partition coefficient (Wildman–Crippen LogP) is 4.17. The molecule has 0 saturated heterocycles. The minimum atomic E-state index is -0.0118. The Hall–Kier alpha value is -5.46. The first-order valence-corrected chi connectivity index (χ1v) is 24.5. The molecule has 0 unspecified atom stereocenters. The molecule has 12 heteroatoms. The van der Waals surface area contributed by atoms with E-state index in [2.05, 4.69) is 222 Å². The second-order valence-electron chi connectivity index (χ2n) is 23.8. The normalized spacial score (nSPS) is 13.9. The zero-order chi connectivity index (χ0) is 48.2. The molecule has 0 amide bonds. The molecule has 0 saturated carbocycles. The lowest BCUT2D eigenvalue weighted by atomic mass is 9.84. The zero-order valence-electron chi connectivity index (χ0n) is 43.4. The lowest BCUT2D eigenvalue weighted by Gasteiger charge is -2.21. The Labute approximate surface area is 437 Å². The number of hydrogen-bond acceptors (Lipinski definition) is 4. The van der Waals surface area contributed by atoms with E-state index < -0.39 is 0 Å². The number of aromatic nitrogens is 10. The monoisotopic (exact) mass is 1070 g/mol. The molecule has 1 aliphatic rings. The molecule has 1 aliphatic heterocycles. The van der Waals surface area contributed by atoms with Gasteiger partial charge in [-0.25, -0.2) is 28.2 Å². The molecule has 0 fully saturated rings. The Balaban J connectivity index is 0.00000361. The topological polar surface area (TPSA) is 101 Å². The molecule has 9 rings (SSSR count). The first-order valence-electron chi connectivity index (χ1n) is 24.5. The fourth-order valence-corrected chi connectivity index (χ4v) is 9.39. The number of fused-ring (bicyclic) bond motifs is 16. The van der Waals surface area contributed by atoms with Gasteiger partial charge in [-0.05, 0) is 88.4 Å². The van der Waals surface area contributed by atoms with Gasteiger partial charge in [0.1, 0.15) is 62.6 Å². The molecule has 5 heterocycles. The largest absolute Gasteiger partial charge is 1.00 e. The first-order chi connectivity index (χ1) is 32.0. The van der Waals surface area contributed by atoms with Crippen LogP contribution in [0.3, 0.4) is 0 Å². The second kappa shape index (κ2) is 20.3. The van der Waals surface area contributed by atoms with E-state index in [0.717, 1.165) is 49.5 Å². The number of aromatic amines is 2. The van der Waals surface area contributed by atoms with Crippen molar-refractivity contribution in [1.82, 2.24) is 39.5 Å². The fraction of sp³-hybridized carbons (Fsp3) is 0.414. The van der Waals surface area contributed by atoms with Crippen LogP contribution in [0.15, 0.2) is 110 Å². The molecule has 10 nitrogen and oxygen atoms in total. The maximum atomic E-state index is 5.09. The molecular weight excluding hydrogens is 997 g/mol. The number of halogens is 2. The van der Waals surface area contributed by atoms with Gasteiger partial charge in [0.05, 0.1) is 0 Å². The Morgan fingerprint density at radius 1 is 0.400 bits per heavy atom. The number of hydrogen-bond donors (Lipinski definition) is 2. The lowest BCUT2D eigenvalue weighted by Crippen LogP contribution is -3.00. The molecule has 0 radical (unpaired) electrons. The minimum absolute atomic E-state index is 0. The molecule has 2 N–H and O–H groups in total. The summed E-state index contributed by atoms with van der Waals surface area (Å²) in [5.74, 6) is 3.39. The average Bonchev–Trinajstić information content (AvgIpc) is 4.06. The third-order valence-electron chi connectivity index (χ3n) is 13.3. The number of H-pyrrole nitrogens is 2. The summed E-state index contributed by atoms with van der Waals surface area (Å²) in [6.45, 7) is 30.5. The summed E-state index contributed by atoms with van der Waals surface area (Å²) in [7, 11) is 0. The highest BCUT2D eigenvalue weighted by atomic mass is 79.9. The number of nitrogens with zero attached hydrogens (tertiary/aromatic N) is 8. The summed E-state index contributed by atoms with van der Waals surface area (Å²) in [5.41, 5.74) is 15.2. The van der Waals surface area contributed by atoms with Gasteiger partial charge >= 0.3 is 0 Å². The summed E-state index contributed by atoms with van der Waals surface area (Å²) in [5, 5.41) is 16.2. The Morgan fingerprint density at radius 3 is 1.04 bits per heavy atom. The molecule has 4 aromatic carbocycles. The van der Waals surface area contributed by atoms with E-state index in [1.54, 1.807) is 0 Å². The van der Waals surface area contributed by atoms with Gasteiger partial charge in [-0.3, -0.25) is 10.2 Å².